The molecule has 0 fully saturated rings. The third-order valence-corrected chi connectivity index (χ3v) is 3.90. The molecular weight excluding hydrogens is 258 g/mol. The van der Waals surface area contributed by atoms with Gasteiger partial charge in [0.05, 0.1) is 0 Å². The molecule has 0 aliphatic rings. The van der Waals surface area contributed by atoms with E-state index >= 15 is 0 Å². The van der Waals surface area contributed by atoms with Crippen molar-refractivity contribution in [1.82, 2.24) is 25.0 Å². The van der Waals surface area contributed by atoms with E-state index in [1.54, 1.807) is 22.8 Å². The van der Waals surface area contributed by atoms with Crippen LogP contribution in [0.4, 0.5) is 0 Å². The number of hydrogen-bond donors (Lipinski definition) is 0. The summed E-state index contributed by atoms with van der Waals surface area (Å²) >= 11 is 1.66. The van der Waals surface area contributed by atoms with Crippen LogP contribution >= 0.6 is 11.8 Å². The summed E-state index contributed by atoms with van der Waals surface area (Å²) < 4.78 is 1.66. The summed E-state index contributed by atoms with van der Waals surface area (Å²) in [6, 6.07) is 8.51. The summed E-state index contributed by atoms with van der Waals surface area (Å²) in [6.45, 7) is 2.09. The lowest BCUT2D eigenvalue weighted by Crippen LogP contribution is -1.93. The van der Waals surface area contributed by atoms with Crippen molar-refractivity contribution in [3.05, 3.63) is 41.7 Å². The fourth-order valence-electron chi connectivity index (χ4n) is 1.77. The first kappa shape index (κ1) is 12.1. The number of thioether (sulfide) groups is 1. The number of fused-ring (bicyclic) bond motifs is 1. The average molecular weight is 271 g/mol. The molecule has 0 amide bonds. The summed E-state index contributed by atoms with van der Waals surface area (Å²) in [4.78, 5) is 8.47. The van der Waals surface area contributed by atoms with E-state index in [4.69, 9.17) is 0 Å². The van der Waals surface area contributed by atoms with Crippen molar-refractivity contribution in [2.75, 3.05) is 0 Å². The van der Waals surface area contributed by atoms with Crippen LogP contribution < -0.4 is 0 Å². The van der Waals surface area contributed by atoms with E-state index in [1.165, 1.54) is 11.1 Å². The quantitative estimate of drug-likeness (QED) is 0.540. The lowest BCUT2D eigenvalue weighted by molar-refractivity contribution is 0.729. The van der Waals surface area contributed by atoms with Crippen LogP contribution in [0.2, 0.25) is 0 Å². The number of rotatable bonds is 3. The highest BCUT2D eigenvalue weighted by Gasteiger charge is 2.10. The fraction of sp³-hybridized carbons (Fsp3) is 0.231. The first-order chi connectivity index (χ1) is 9.24. The predicted octanol–water partition coefficient (Wildman–Crippen LogP) is 2.36. The topological polar surface area (TPSA) is 56.5 Å². The van der Waals surface area contributed by atoms with E-state index in [1.807, 2.05) is 7.05 Å². The Bertz CT molecular complexity index is 705. The molecule has 0 radical (unpaired) electrons. The third-order valence-electron chi connectivity index (χ3n) is 2.85. The van der Waals surface area contributed by atoms with Gasteiger partial charge in [0, 0.05) is 12.8 Å². The van der Waals surface area contributed by atoms with E-state index in [-0.39, 0.29) is 0 Å². The van der Waals surface area contributed by atoms with Gasteiger partial charge in [-0.1, -0.05) is 46.8 Å². The summed E-state index contributed by atoms with van der Waals surface area (Å²) in [5.74, 6) is 0.864. The molecule has 0 aliphatic heterocycles. The van der Waals surface area contributed by atoms with Crippen molar-refractivity contribution in [2.45, 2.75) is 17.7 Å². The Labute approximate surface area is 115 Å². The van der Waals surface area contributed by atoms with Crippen molar-refractivity contribution in [3.8, 4) is 0 Å². The average Bonchev–Trinajstić information content (AvgIpc) is 2.81. The van der Waals surface area contributed by atoms with E-state index in [0.717, 1.165) is 21.9 Å². The smallest absolute Gasteiger partial charge is 0.182 e. The van der Waals surface area contributed by atoms with Gasteiger partial charge in [-0.05, 0) is 12.5 Å². The highest BCUT2D eigenvalue weighted by Crippen LogP contribution is 2.25. The molecule has 0 aliphatic carbocycles. The van der Waals surface area contributed by atoms with Gasteiger partial charge in [-0.3, -0.25) is 0 Å². The molecular formula is C13H13N5S. The summed E-state index contributed by atoms with van der Waals surface area (Å²) in [6.07, 6.45) is 1.56. The van der Waals surface area contributed by atoms with Crippen molar-refractivity contribution in [2.24, 2.45) is 7.05 Å². The van der Waals surface area contributed by atoms with E-state index in [9.17, 15) is 0 Å². The van der Waals surface area contributed by atoms with Gasteiger partial charge in [-0.25, -0.2) is 14.6 Å². The molecule has 96 valence electrons. The Hall–Kier alpha value is -1.95. The molecule has 5 nitrogen and oxygen atoms in total. The van der Waals surface area contributed by atoms with Gasteiger partial charge in [0.1, 0.15) is 11.4 Å². The molecule has 6 heteroatoms. The maximum absolute atomic E-state index is 4.29. The molecule has 0 bridgehead atoms. The van der Waals surface area contributed by atoms with Crippen molar-refractivity contribution in [1.29, 1.82) is 0 Å². The van der Waals surface area contributed by atoms with Crippen molar-refractivity contribution < 1.29 is 0 Å². The van der Waals surface area contributed by atoms with E-state index < -0.39 is 0 Å². The molecule has 3 aromatic rings. The third kappa shape index (κ3) is 2.44. The predicted molar refractivity (Wildman–Crippen MR) is 74.8 cm³/mol. The molecule has 19 heavy (non-hydrogen) atoms. The Morgan fingerprint density at radius 2 is 1.95 bits per heavy atom. The molecule has 0 saturated heterocycles. The lowest BCUT2D eigenvalue weighted by atomic mass is 10.2. The standard InChI is InChI=1S/C13H13N5S/c1-9-3-5-10(6-4-9)7-19-13-11-12(14-8-15-13)18(2)17-16-11/h3-6,8H,7H2,1-2H3. The minimum absolute atomic E-state index is 0.765. The monoisotopic (exact) mass is 271 g/mol. The van der Waals surface area contributed by atoms with Crippen LogP contribution in [0.15, 0.2) is 35.6 Å². The van der Waals surface area contributed by atoms with Gasteiger partial charge in [0.2, 0.25) is 0 Å². The second-order valence-corrected chi connectivity index (χ2v) is 5.30. The lowest BCUT2D eigenvalue weighted by Gasteiger charge is -2.02. The Balaban J connectivity index is 1.83. The van der Waals surface area contributed by atoms with Crippen molar-refractivity contribution >= 4 is 22.9 Å². The molecule has 2 heterocycles. The molecule has 0 N–H and O–H groups in total. The maximum Gasteiger partial charge on any atom is 0.182 e. The van der Waals surface area contributed by atoms with E-state index in [2.05, 4.69) is 51.5 Å². The van der Waals surface area contributed by atoms with Crippen LogP contribution in [0, 0.1) is 6.92 Å². The van der Waals surface area contributed by atoms with Crippen LogP contribution in [-0.2, 0) is 12.8 Å². The second kappa shape index (κ2) is 4.97. The van der Waals surface area contributed by atoms with E-state index in [0.29, 0.717) is 0 Å². The van der Waals surface area contributed by atoms with Crippen molar-refractivity contribution in [3.63, 3.8) is 0 Å². The maximum atomic E-state index is 4.29. The Kier molecular flexibility index (Phi) is 3.16. The SMILES string of the molecule is Cc1ccc(CSc2ncnc3c2nnn3C)cc1. The molecule has 0 spiro atoms. The molecule has 0 unspecified atom stereocenters. The van der Waals surface area contributed by atoms with Gasteiger partial charge >= 0.3 is 0 Å². The minimum Gasteiger partial charge on any atom is -0.230 e. The fourth-order valence-corrected chi connectivity index (χ4v) is 2.66. The number of hydrogen-bond acceptors (Lipinski definition) is 5. The zero-order valence-corrected chi connectivity index (χ0v) is 11.6. The number of aryl methyl sites for hydroxylation is 2. The largest absolute Gasteiger partial charge is 0.230 e. The van der Waals surface area contributed by atoms with Crippen LogP contribution in [0.1, 0.15) is 11.1 Å². The Morgan fingerprint density at radius 3 is 2.74 bits per heavy atom. The molecule has 1 aromatic carbocycles. The van der Waals surface area contributed by atoms with Gasteiger partial charge in [0.15, 0.2) is 11.2 Å². The number of benzene rings is 1. The summed E-state index contributed by atoms with van der Waals surface area (Å²) in [5, 5.41) is 8.96. The summed E-state index contributed by atoms with van der Waals surface area (Å²) in [7, 11) is 1.83. The van der Waals surface area contributed by atoms with Crippen LogP contribution in [-0.4, -0.2) is 25.0 Å². The number of nitrogens with zero attached hydrogens (tertiary/aromatic N) is 5. The van der Waals surface area contributed by atoms with Gasteiger partial charge in [-0.2, -0.15) is 0 Å². The zero-order chi connectivity index (χ0) is 13.2. The number of aromatic nitrogens is 5. The molecule has 3 rings (SSSR count). The van der Waals surface area contributed by atoms with Crippen LogP contribution in [0.3, 0.4) is 0 Å². The molecule has 2 aromatic heterocycles. The zero-order valence-electron chi connectivity index (χ0n) is 10.7. The molecule has 0 atom stereocenters. The van der Waals surface area contributed by atoms with Gasteiger partial charge in [-0.15, -0.1) is 5.10 Å². The highest BCUT2D eigenvalue weighted by atomic mass is 32.2. The normalized spacial score (nSPS) is 11.1. The first-order valence-corrected chi connectivity index (χ1v) is 6.91. The van der Waals surface area contributed by atoms with Crippen LogP contribution in [0.25, 0.3) is 11.2 Å². The first-order valence-electron chi connectivity index (χ1n) is 5.93. The van der Waals surface area contributed by atoms with Crippen LogP contribution in [0.5, 0.6) is 0 Å². The Morgan fingerprint density at radius 1 is 1.16 bits per heavy atom. The highest BCUT2D eigenvalue weighted by molar-refractivity contribution is 7.98. The van der Waals surface area contributed by atoms with Gasteiger partial charge < -0.3 is 0 Å². The van der Waals surface area contributed by atoms with Gasteiger partial charge in [0.25, 0.3) is 0 Å². The molecule has 0 saturated carbocycles. The second-order valence-electron chi connectivity index (χ2n) is 4.34. The minimum atomic E-state index is 0.765. The summed E-state index contributed by atoms with van der Waals surface area (Å²) in [5.41, 5.74) is 4.07.